The Labute approximate surface area is 225 Å². The first kappa shape index (κ1) is 35.4. The number of carbonyl (C=O) groups is 1. The highest BCUT2D eigenvalue weighted by atomic mass is 16.3. The van der Waals surface area contributed by atoms with Gasteiger partial charge in [-0.25, -0.2) is 5.84 Å². The number of amides is 1. The first-order chi connectivity index (χ1) is 17.6. The van der Waals surface area contributed by atoms with Gasteiger partial charge in [0.1, 0.15) is 0 Å². The maximum absolute atomic E-state index is 12.4. The average molecular weight is 513 g/mol. The molecule has 0 aliphatic rings. The number of aliphatic hydroxyl groups is 2. The van der Waals surface area contributed by atoms with Crippen LogP contribution < -0.4 is 5.84 Å². The zero-order valence-corrected chi connectivity index (χ0v) is 24.4. The fourth-order valence-corrected chi connectivity index (χ4v) is 5.04. The van der Waals surface area contributed by atoms with Gasteiger partial charge >= 0.3 is 0 Å². The van der Waals surface area contributed by atoms with E-state index in [-0.39, 0.29) is 12.5 Å². The summed E-state index contributed by atoms with van der Waals surface area (Å²) in [6.45, 7) is 4.21. The molecule has 0 unspecified atom stereocenters. The largest absolute Gasteiger partial charge is 0.394 e. The second-order valence-corrected chi connectivity index (χ2v) is 11.1. The van der Waals surface area contributed by atoms with E-state index in [0.29, 0.717) is 12.8 Å². The van der Waals surface area contributed by atoms with Crippen molar-refractivity contribution in [3.63, 3.8) is 0 Å². The van der Waals surface area contributed by atoms with Crippen LogP contribution in [0.1, 0.15) is 174 Å². The first-order valence-corrected chi connectivity index (χ1v) is 15.9. The minimum absolute atomic E-state index is 0.169. The topological polar surface area (TPSA) is 86.8 Å². The van der Waals surface area contributed by atoms with Crippen LogP contribution in [0.25, 0.3) is 0 Å². The molecule has 2 atom stereocenters. The van der Waals surface area contributed by atoms with Crippen molar-refractivity contribution in [1.29, 1.82) is 0 Å². The summed E-state index contributed by atoms with van der Waals surface area (Å²) in [7, 11) is 0. The molecule has 5 heteroatoms. The Bertz CT molecular complexity index is 461. The number of aliphatic hydroxyl groups excluding tert-OH is 2. The molecule has 0 fully saturated rings. The van der Waals surface area contributed by atoms with Crippen molar-refractivity contribution in [3.8, 4) is 0 Å². The molecule has 0 aromatic heterocycles. The molecule has 0 saturated carbocycles. The molecule has 216 valence electrons. The molecule has 0 aromatic rings. The van der Waals surface area contributed by atoms with Gasteiger partial charge in [0, 0.05) is 6.42 Å². The first-order valence-electron chi connectivity index (χ1n) is 15.9. The molecular formula is C31H64N2O3. The van der Waals surface area contributed by atoms with E-state index in [0.717, 1.165) is 37.1 Å². The molecule has 0 saturated heterocycles. The molecule has 0 radical (unpaired) electrons. The lowest BCUT2D eigenvalue weighted by Crippen LogP contribution is -2.53. The maximum Gasteiger partial charge on any atom is 0.236 e. The molecule has 36 heavy (non-hydrogen) atoms. The third-order valence-corrected chi connectivity index (χ3v) is 7.62. The Morgan fingerprint density at radius 1 is 0.611 bits per heavy atom. The Morgan fingerprint density at radius 3 is 1.31 bits per heavy atom. The van der Waals surface area contributed by atoms with Crippen LogP contribution in [-0.2, 0) is 4.79 Å². The monoisotopic (exact) mass is 512 g/mol. The van der Waals surface area contributed by atoms with E-state index in [2.05, 4.69) is 13.8 Å². The second kappa shape index (κ2) is 27.4. The minimum Gasteiger partial charge on any atom is -0.394 e. The predicted octanol–water partition coefficient (Wildman–Crippen LogP) is 8.20. The summed E-state index contributed by atoms with van der Waals surface area (Å²) in [5.74, 6) is 5.83. The summed E-state index contributed by atoms with van der Waals surface area (Å²) in [4.78, 5) is 12.4. The molecule has 0 aliphatic carbocycles. The highest BCUT2D eigenvalue weighted by molar-refractivity contribution is 5.75. The van der Waals surface area contributed by atoms with E-state index in [1.54, 1.807) is 0 Å². The molecule has 0 rings (SSSR count). The Kier molecular flexibility index (Phi) is 26.9. The number of hydrazine groups is 1. The third-order valence-electron chi connectivity index (χ3n) is 7.62. The minimum atomic E-state index is -0.760. The summed E-state index contributed by atoms with van der Waals surface area (Å²) < 4.78 is 0. The van der Waals surface area contributed by atoms with Gasteiger partial charge in [0.05, 0.1) is 18.8 Å². The van der Waals surface area contributed by atoms with Gasteiger partial charge in [-0.2, -0.15) is 0 Å². The Morgan fingerprint density at radius 2 is 0.944 bits per heavy atom. The van der Waals surface area contributed by atoms with Crippen LogP contribution in [0, 0.1) is 0 Å². The lowest BCUT2D eigenvalue weighted by molar-refractivity contribution is -0.138. The lowest BCUT2D eigenvalue weighted by atomic mass is 10.0. The standard InChI is InChI=1S/C31H64N2O3/c1-3-5-7-9-11-13-14-15-16-17-19-20-22-24-26-30(35)29(28-34)33(32)31(36)27-25-23-21-18-12-10-8-6-4-2/h29-30,34-35H,3-28,32H2,1-2H3/t29-,30+/m0/s1. The normalized spacial score (nSPS) is 13.1. The number of hydrogen-bond acceptors (Lipinski definition) is 4. The van der Waals surface area contributed by atoms with Gasteiger partial charge in [-0.3, -0.25) is 9.80 Å². The average Bonchev–Trinajstić information content (AvgIpc) is 2.88. The van der Waals surface area contributed by atoms with Crippen molar-refractivity contribution >= 4 is 5.91 Å². The second-order valence-electron chi connectivity index (χ2n) is 11.1. The Balaban J connectivity index is 3.72. The number of nitrogens with zero attached hydrogens (tertiary/aromatic N) is 1. The molecule has 0 aromatic carbocycles. The van der Waals surface area contributed by atoms with Crippen LogP contribution in [0.4, 0.5) is 0 Å². The molecule has 4 N–H and O–H groups in total. The molecule has 5 nitrogen and oxygen atoms in total. The predicted molar refractivity (Wildman–Crippen MR) is 155 cm³/mol. The van der Waals surface area contributed by atoms with Crippen LogP contribution in [0.5, 0.6) is 0 Å². The van der Waals surface area contributed by atoms with Crippen LogP contribution in [0.3, 0.4) is 0 Å². The van der Waals surface area contributed by atoms with Gasteiger partial charge in [0.2, 0.25) is 5.91 Å². The number of carbonyl (C=O) groups excluding carboxylic acids is 1. The molecular weight excluding hydrogens is 448 g/mol. The van der Waals surface area contributed by atoms with Gasteiger partial charge in [-0.15, -0.1) is 0 Å². The van der Waals surface area contributed by atoms with Crippen molar-refractivity contribution in [1.82, 2.24) is 5.01 Å². The zero-order chi connectivity index (χ0) is 26.7. The zero-order valence-electron chi connectivity index (χ0n) is 24.4. The number of hydrogen-bond donors (Lipinski definition) is 3. The van der Waals surface area contributed by atoms with Gasteiger partial charge in [0.15, 0.2) is 0 Å². The summed E-state index contributed by atoms with van der Waals surface area (Å²) >= 11 is 0. The van der Waals surface area contributed by atoms with Crippen molar-refractivity contribution in [2.24, 2.45) is 5.84 Å². The lowest BCUT2D eigenvalue weighted by Gasteiger charge is -2.30. The summed E-state index contributed by atoms with van der Waals surface area (Å²) in [5.41, 5.74) is 0. The van der Waals surface area contributed by atoms with E-state index >= 15 is 0 Å². The van der Waals surface area contributed by atoms with E-state index in [1.807, 2.05) is 0 Å². The fourth-order valence-electron chi connectivity index (χ4n) is 5.04. The smallest absolute Gasteiger partial charge is 0.236 e. The van der Waals surface area contributed by atoms with Crippen molar-refractivity contribution in [2.45, 2.75) is 187 Å². The highest BCUT2D eigenvalue weighted by Crippen LogP contribution is 2.16. The summed E-state index contributed by atoms with van der Waals surface area (Å²) in [5, 5.41) is 21.3. The third kappa shape index (κ3) is 21.4. The van der Waals surface area contributed by atoms with E-state index in [4.69, 9.17) is 5.84 Å². The number of unbranched alkanes of at least 4 members (excludes halogenated alkanes) is 21. The van der Waals surface area contributed by atoms with E-state index in [9.17, 15) is 15.0 Å². The van der Waals surface area contributed by atoms with Crippen LogP contribution in [0.15, 0.2) is 0 Å². The number of nitrogens with two attached hydrogens (primary N) is 1. The van der Waals surface area contributed by atoms with Crippen molar-refractivity contribution in [2.75, 3.05) is 6.61 Å². The van der Waals surface area contributed by atoms with Gasteiger partial charge in [-0.05, 0) is 12.8 Å². The quantitative estimate of drug-likeness (QED) is 0.0426. The van der Waals surface area contributed by atoms with Crippen LogP contribution >= 0.6 is 0 Å². The van der Waals surface area contributed by atoms with Crippen LogP contribution in [-0.4, -0.2) is 39.9 Å². The summed E-state index contributed by atoms with van der Waals surface area (Å²) in [6.07, 6.45) is 29.2. The molecule has 0 spiro atoms. The molecule has 0 bridgehead atoms. The molecule has 1 amide bonds. The number of rotatable bonds is 28. The van der Waals surface area contributed by atoms with Gasteiger partial charge < -0.3 is 10.2 Å². The SMILES string of the molecule is CCCCCCCCCCCCCCCC[C@@H](O)[C@H](CO)N(N)C(=O)CCCCCCCCCCC. The van der Waals surface area contributed by atoms with Gasteiger partial charge in [-0.1, -0.05) is 155 Å². The molecule has 0 aliphatic heterocycles. The van der Waals surface area contributed by atoms with Crippen LogP contribution in [0.2, 0.25) is 0 Å². The Hall–Kier alpha value is -0.650. The maximum atomic E-state index is 12.4. The van der Waals surface area contributed by atoms with Crippen molar-refractivity contribution < 1.29 is 15.0 Å². The van der Waals surface area contributed by atoms with E-state index in [1.165, 1.54) is 116 Å². The van der Waals surface area contributed by atoms with Crippen molar-refractivity contribution in [3.05, 3.63) is 0 Å². The summed E-state index contributed by atoms with van der Waals surface area (Å²) in [6, 6.07) is -0.696. The van der Waals surface area contributed by atoms with Gasteiger partial charge in [0.25, 0.3) is 0 Å². The fraction of sp³-hybridized carbons (Fsp3) is 0.968. The highest BCUT2D eigenvalue weighted by Gasteiger charge is 2.26. The molecule has 0 heterocycles. The van der Waals surface area contributed by atoms with E-state index < -0.39 is 12.1 Å².